The van der Waals surface area contributed by atoms with E-state index in [1.54, 1.807) is 0 Å². The van der Waals surface area contributed by atoms with E-state index in [0.717, 1.165) is 31.4 Å². The van der Waals surface area contributed by atoms with Gasteiger partial charge in [0.2, 0.25) is 5.91 Å². The molecule has 3 fully saturated rings. The van der Waals surface area contributed by atoms with E-state index >= 15 is 0 Å². The summed E-state index contributed by atoms with van der Waals surface area (Å²) < 4.78 is 0. The molecule has 3 saturated heterocycles. The number of fused-ring (bicyclic) bond motifs is 3. The van der Waals surface area contributed by atoms with Gasteiger partial charge in [0.1, 0.15) is 0 Å². The second-order valence-corrected chi connectivity index (χ2v) is 6.86. The second kappa shape index (κ2) is 7.28. The van der Waals surface area contributed by atoms with Gasteiger partial charge in [-0.1, -0.05) is 50.1 Å². The molecule has 3 aliphatic rings. The minimum atomic E-state index is 0.0107. The molecule has 4 rings (SSSR count). The number of benzene rings is 1. The van der Waals surface area contributed by atoms with Crippen LogP contribution in [0.5, 0.6) is 0 Å². The number of carbonyl (C=O) groups is 1. The van der Waals surface area contributed by atoms with E-state index in [9.17, 15) is 4.79 Å². The van der Waals surface area contributed by atoms with Crippen LogP contribution in [0.1, 0.15) is 50.5 Å². The van der Waals surface area contributed by atoms with Crippen molar-refractivity contribution in [1.29, 1.82) is 0 Å². The molecule has 1 unspecified atom stereocenters. The molecule has 0 saturated carbocycles. The van der Waals surface area contributed by atoms with Crippen LogP contribution >= 0.6 is 0 Å². The molecule has 1 N–H and O–H groups in total. The van der Waals surface area contributed by atoms with Crippen molar-refractivity contribution in [3.63, 3.8) is 0 Å². The number of nitrogens with one attached hydrogen (secondary N) is 1. The third-order valence-corrected chi connectivity index (χ3v) is 5.35. The van der Waals surface area contributed by atoms with Gasteiger partial charge in [-0.25, -0.2) is 0 Å². The van der Waals surface area contributed by atoms with Gasteiger partial charge in [0.05, 0.1) is 5.92 Å². The van der Waals surface area contributed by atoms with Crippen molar-refractivity contribution in [2.24, 2.45) is 5.92 Å². The zero-order valence-corrected chi connectivity index (χ0v) is 13.6. The number of piperidine rings is 3. The summed E-state index contributed by atoms with van der Waals surface area (Å²) in [5, 5.41) is 3.38. The summed E-state index contributed by atoms with van der Waals surface area (Å²) in [6, 6.07) is 10.6. The van der Waals surface area contributed by atoms with Crippen molar-refractivity contribution in [2.75, 3.05) is 19.6 Å². The van der Waals surface area contributed by atoms with E-state index in [1.807, 2.05) is 18.2 Å². The standard InChI is InChI=1S/C19H28N2O/c1-2-3-9-17(15-7-5-4-6-8-15)19(22)20-18-14-21-12-10-16(18)11-13-21/h4-8,16-18H,2-3,9-14H2,1H3,(H,20,22)/t17?,18-/m0/s1. The van der Waals surface area contributed by atoms with Gasteiger partial charge in [-0.2, -0.15) is 0 Å². The molecule has 0 aromatic heterocycles. The molecule has 0 spiro atoms. The molecule has 3 nitrogen and oxygen atoms in total. The molecule has 3 heteroatoms. The average Bonchev–Trinajstić information content (AvgIpc) is 2.57. The van der Waals surface area contributed by atoms with Gasteiger partial charge in [0.15, 0.2) is 0 Å². The second-order valence-electron chi connectivity index (χ2n) is 6.86. The fourth-order valence-electron chi connectivity index (χ4n) is 3.95. The molecule has 0 radical (unpaired) electrons. The van der Waals surface area contributed by atoms with E-state index in [0.29, 0.717) is 12.0 Å². The van der Waals surface area contributed by atoms with Crippen LogP contribution in [-0.4, -0.2) is 36.5 Å². The Labute approximate surface area is 134 Å². The van der Waals surface area contributed by atoms with Crippen LogP contribution in [0.25, 0.3) is 0 Å². The van der Waals surface area contributed by atoms with Crippen LogP contribution in [0.3, 0.4) is 0 Å². The Morgan fingerprint density at radius 3 is 2.59 bits per heavy atom. The molecular weight excluding hydrogens is 272 g/mol. The topological polar surface area (TPSA) is 32.3 Å². The van der Waals surface area contributed by atoms with Gasteiger partial charge in [-0.3, -0.25) is 4.79 Å². The average molecular weight is 300 g/mol. The summed E-state index contributed by atoms with van der Waals surface area (Å²) in [6.45, 7) is 5.67. The summed E-state index contributed by atoms with van der Waals surface area (Å²) in [6.07, 6.45) is 5.68. The Balaban J connectivity index is 1.66. The number of unbranched alkanes of at least 4 members (excludes halogenated alkanes) is 1. The number of amides is 1. The summed E-state index contributed by atoms with van der Waals surface area (Å²) in [5.41, 5.74) is 1.16. The Hall–Kier alpha value is -1.35. The predicted molar refractivity (Wildman–Crippen MR) is 89.8 cm³/mol. The van der Waals surface area contributed by atoms with Gasteiger partial charge in [0, 0.05) is 12.6 Å². The predicted octanol–water partition coefficient (Wildman–Crippen LogP) is 3.17. The molecule has 1 aromatic carbocycles. The molecule has 2 bridgehead atoms. The highest BCUT2D eigenvalue weighted by Crippen LogP contribution is 2.29. The zero-order valence-electron chi connectivity index (χ0n) is 13.6. The smallest absolute Gasteiger partial charge is 0.227 e. The summed E-state index contributed by atoms with van der Waals surface area (Å²) in [4.78, 5) is 15.4. The maximum Gasteiger partial charge on any atom is 0.227 e. The lowest BCUT2D eigenvalue weighted by molar-refractivity contribution is -0.124. The van der Waals surface area contributed by atoms with Crippen LogP contribution in [0.2, 0.25) is 0 Å². The van der Waals surface area contributed by atoms with Gasteiger partial charge in [0.25, 0.3) is 0 Å². The van der Waals surface area contributed by atoms with Gasteiger partial charge in [-0.05, 0) is 43.8 Å². The van der Waals surface area contributed by atoms with Crippen molar-refractivity contribution in [2.45, 2.75) is 51.0 Å². The highest BCUT2D eigenvalue weighted by molar-refractivity contribution is 5.84. The van der Waals surface area contributed by atoms with E-state index in [4.69, 9.17) is 0 Å². The number of rotatable bonds is 6. The molecule has 3 heterocycles. The molecular formula is C19H28N2O. The van der Waals surface area contributed by atoms with Crippen molar-refractivity contribution in [3.05, 3.63) is 35.9 Å². The van der Waals surface area contributed by atoms with Gasteiger partial charge < -0.3 is 10.2 Å². The first-order valence-corrected chi connectivity index (χ1v) is 8.85. The number of hydrogen-bond acceptors (Lipinski definition) is 2. The molecule has 1 amide bonds. The monoisotopic (exact) mass is 300 g/mol. The largest absolute Gasteiger partial charge is 0.351 e. The van der Waals surface area contributed by atoms with E-state index in [2.05, 4.69) is 29.3 Å². The fourth-order valence-corrected chi connectivity index (χ4v) is 3.95. The van der Waals surface area contributed by atoms with Crippen LogP contribution in [0, 0.1) is 5.92 Å². The first-order valence-electron chi connectivity index (χ1n) is 8.85. The maximum atomic E-state index is 12.9. The highest BCUT2D eigenvalue weighted by atomic mass is 16.2. The van der Waals surface area contributed by atoms with Crippen LogP contribution in [0.4, 0.5) is 0 Å². The Bertz CT molecular complexity index is 479. The van der Waals surface area contributed by atoms with Crippen molar-refractivity contribution < 1.29 is 4.79 Å². The maximum absolute atomic E-state index is 12.9. The molecule has 1 aromatic rings. The minimum absolute atomic E-state index is 0.0107. The van der Waals surface area contributed by atoms with Crippen molar-refractivity contribution in [1.82, 2.24) is 10.2 Å². The number of carbonyl (C=O) groups excluding carboxylic acids is 1. The Morgan fingerprint density at radius 2 is 2.00 bits per heavy atom. The Morgan fingerprint density at radius 1 is 1.27 bits per heavy atom. The molecule has 22 heavy (non-hydrogen) atoms. The minimum Gasteiger partial charge on any atom is -0.351 e. The Kier molecular flexibility index (Phi) is 5.14. The number of nitrogens with zero attached hydrogens (tertiary/aromatic N) is 1. The van der Waals surface area contributed by atoms with Gasteiger partial charge >= 0.3 is 0 Å². The highest BCUT2D eigenvalue weighted by Gasteiger charge is 2.35. The lowest BCUT2D eigenvalue weighted by Crippen LogP contribution is -2.57. The lowest BCUT2D eigenvalue weighted by atomic mass is 9.83. The molecule has 2 atom stereocenters. The third-order valence-electron chi connectivity index (χ3n) is 5.35. The quantitative estimate of drug-likeness (QED) is 0.875. The zero-order chi connectivity index (χ0) is 15.4. The summed E-state index contributed by atoms with van der Waals surface area (Å²) >= 11 is 0. The molecule has 0 aliphatic carbocycles. The molecule has 3 aliphatic heterocycles. The van der Waals surface area contributed by atoms with E-state index in [-0.39, 0.29) is 11.8 Å². The first kappa shape index (κ1) is 15.5. The van der Waals surface area contributed by atoms with Crippen molar-refractivity contribution in [3.8, 4) is 0 Å². The van der Waals surface area contributed by atoms with Crippen LogP contribution in [-0.2, 0) is 4.79 Å². The fraction of sp³-hybridized carbons (Fsp3) is 0.632. The molecule has 120 valence electrons. The SMILES string of the molecule is CCCCC(C(=O)N[C@H]1CN2CCC1CC2)c1ccccc1. The summed E-state index contributed by atoms with van der Waals surface area (Å²) in [5.74, 6) is 0.937. The van der Waals surface area contributed by atoms with E-state index in [1.165, 1.54) is 25.9 Å². The van der Waals surface area contributed by atoms with Crippen LogP contribution < -0.4 is 5.32 Å². The summed E-state index contributed by atoms with van der Waals surface area (Å²) in [7, 11) is 0. The first-order chi connectivity index (χ1) is 10.8. The third kappa shape index (κ3) is 3.52. The lowest BCUT2D eigenvalue weighted by Gasteiger charge is -2.45. The van der Waals surface area contributed by atoms with Crippen molar-refractivity contribution >= 4 is 5.91 Å². The number of hydrogen-bond donors (Lipinski definition) is 1. The normalized spacial score (nSPS) is 28.3. The van der Waals surface area contributed by atoms with Crippen LogP contribution in [0.15, 0.2) is 30.3 Å². The van der Waals surface area contributed by atoms with E-state index < -0.39 is 0 Å². The van der Waals surface area contributed by atoms with Gasteiger partial charge in [-0.15, -0.1) is 0 Å².